The summed E-state index contributed by atoms with van der Waals surface area (Å²) in [5.41, 5.74) is 2.13. The Balaban J connectivity index is 2.14. The molecule has 0 spiro atoms. The number of nitrogens with one attached hydrogen (secondary N) is 1. The number of hydrogen-bond donors (Lipinski definition) is 2. The molecule has 0 aromatic carbocycles. The first kappa shape index (κ1) is 12.7. The third kappa shape index (κ3) is 4.02. The Morgan fingerprint density at radius 2 is 2.31 bits per heavy atom. The SMILES string of the molecule is CCc1nccn1CCCCCC(=O)NN. The third-order valence-electron chi connectivity index (χ3n) is 2.58. The molecule has 90 valence electrons. The van der Waals surface area contributed by atoms with Crippen molar-refractivity contribution >= 4 is 5.91 Å². The summed E-state index contributed by atoms with van der Waals surface area (Å²) >= 11 is 0. The van der Waals surface area contributed by atoms with Gasteiger partial charge < -0.3 is 4.57 Å². The minimum absolute atomic E-state index is 0.0862. The molecule has 0 aliphatic carbocycles. The summed E-state index contributed by atoms with van der Waals surface area (Å²) in [4.78, 5) is 15.1. The van der Waals surface area contributed by atoms with E-state index in [1.165, 1.54) is 0 Å². The lowest BCUT2D eigenvalue weighted by Crippen LogP contribution is -2.29. The fourth-order valence-corrected chi connectivity index (χ4v) is 1.67. The van der Waals surface area contributed by atoms with E-state index in [1.54, 1.807) is 0 Å². The number of carbonyl (C=O) groups excluding carboxylic acids is 1. The smallest absolute Gasteiger partial charge is 0.233 e. The molecule has 3 N–H and O–H groups in total. The van der Waals surface area contributed by atoms with Crippen LogP contribution < -0.4 is 11.3 Å². The number of imidazole rings is 1. The molecule has 0 atom stereocenters. The molecule has 0 aliphatic heterocycles. The van der Waals surface area contributed by atoms with Crippen LogP contribution in [-0.4, -0.2) is 15.5 Å². The number of rotatable bonds is 7. The van der Waals surface area contributed by atoms with Gasteiger partial charge in [-0.2, -0.15) is 0 Å². The molecule has 0 unspecified atom stereocenters. The number of hydrazine groups is 1. The van der Waals surface area contributed by atoms with Crippen molar-refractivity contribution in [3.8, 4) is 0 Å². The Morgan fingerprint density at radius 1 is 1.50 bits per heavy atom. The van der Waals surface area contributed by atoms with E-state index < -0.39 is 0 Å². The van der Waals surface area contributed by atoms with Crippen molar-refractivity contribution < 1.29 is 4.79 Å². The van der Waals surface area contributed by atoms with Gasteiger partial charge in [0.15, 0.2) is 0 Å². The molecule has 1 aromatic rings. The van der Waals surface area contributed by atoms with E-state index in [0.717, 1.165) is 38.1 Å². The summed E-state index contributed by atoms with van der Waals surface area (Å²) < 4.78 is 2.17. The van der Waals surface area contributed by atoms with Gasteiger partial charge in [-0.05, 0) is 12.8 Å². The van der Waals surface area contributed by atoms with Gasteiger partial charge in [0, 0.05) is 31.8 Å². The predicted molar refractivity (Wildman–Crippen MR) is 62.4 cm³/mol. The van der Waals surface area contributed by atoms with Crippen molar-refractivity contribution in [3.63, 3.8) is 0 Å². The van der Waals surface area contributed by atoms with Crippen LogP contribution in [0.5, 0.6) is 0 Å². The first-order valence-electron chi connectivity index (χ1n) is 5.77. The highest BCUT2D eigenvalue weighted by Crippen LogP contribution is 2.05. The number of aryl methyl sites for hydroxylation is 2. The van der Waals surface area contributed by atoms with Crippen LogP contribution in [-0.2, 0) is 17.8 Å². The summed E-state index contributed by atoms with van der Waals surface area (Å²) in [6.45, 7) is 3.08. The predicted octanol–water partition coefficient (Wildman–Crippen LogP) is 0.996. The van der Waals surface area contributed by atoms with E-state index in [-0.39, 0.29) is 5.91 Å². The Bertz CT molecular complexity index is 322. The average Bonchev–Trinajstić information content (AvgIpc) is 2.75. The highest BCUT2D eigenvalue weighted by Gasteiger charge is 2.00. The van der Waals surface area contributed by atoms with Crippen LogP contribution in [0.15, 0.2) is 12.4 Å². The van der Waals surface area contributed by atoms with Crippen LogP contribution in [0.2, 0.25) is 0 Å². The van der Waals surface area contributed by atoms with Gasteiger partial charge in [0.05, 0.1) is 0 Å². The highest BCUT2D eigenvalue weighted by atomic mass is 16.2. The van der Waals surface area contributed by atoms with E-state index in [2.05, 4.69) is 21.9 Å². The van der Waals surface area contributed by atoms with Crippen LogP contribution in [0.4, 0.5) is 0 Å². The second kappa shape index (κ2) is 7.00. The molecule has 1 amide bonds. The van der Waals surface area contributed by atoms with Gasteiger partial charge in [0.25, 0.3) is 0 Å². The maximum Gasteiger partial charge on any atom is 0.233 e. The van der Waals surface area contributed by atoms with Gasteiger partial charge >= 0.3 is 0 Å². The van der Waals surface area contributed by atoms with Crippen LogP contribution >= 0.6 is 0 Å². The van der Waals surface area contributed by atoms with E-state index >= 15 is 0 Å². The lowest BCUT2D eigenvalue weighted by Gasteiger charge is -2.05. The molecule has 0 fully saturated rings. The molecule has 0 bridgehead atoms. The van der Waals surface area contributed by atoms with Gasteiger partial charge in [-0.1, -0.05) is 13.3 Å². The highest BCUT2D eigenvalue weighted by molar-refractivity contribution is 5.74. The number of amides is 1. The number of nitrogens with zero attached hydrogens (tertiary/aromatic N) is 2. The van der Waals surface area contributed by atoms with Crippen molar-refractivity contribution in [1.82, 2.24) is 15.0 Å². The Morgan fingerprint density at radius 3 is 3.00 bits per heavy atom. The Kier molecular flexibility index (Phi) is 5.56. The van der Waals surface area contributed by atoms with Crippen molar-refractivity contribution in [2.75, 3.05) is 0 Å². The standard InChI is InChI=1S/C11H20N4O/c1-2-10-13-7-9-15(10)8-5-3-4-6-11(16)14-12/h7,9H,2-6,8,12H2,1H3,(H,14,16). The zero-order valence-corrected chi connectivity index (χ0v) is 9.78. The number of carbonyl (C=O) groups is 1. The summed E-state index contributed by atoms with van der Waals surface area (Å²) in [6.07, 6.45) is 8.31. The number of nitrogens with two attached hydrogens (primary N) is 1. The van der Waals surface area contributed by atoms with E-state index in [4.69, 9.17) is 5.84 Å². The maximum atomic E-state index is 10.9. The molecule has 0 aliphatic rings. The summed E-state index contributed by atoms with van der Waals surface area (Å²) in [5.74, 6) is 6.03. The molecular weight excluding hydrogens is 204 g/mol. The largest absolute Gasteiger partial charge is 0.335 e. The monoisotopic (exact) mass is 224 g/mol. The molecule has 1 rings (SSSR count). The van der Waals surface area contributed by atoms with E-state index in [1.807, 2.05) is 12.4 Å². The molecule has 0 radical (unpaired) electrons. The van der Waals surface area contributed by atoms with Crippen molar-refractivity contribution in [2.24, 2.45) is 5.84 Å². The maximum absolute atomic E-state index is 10.9. The third-order valence-corrected chi connectivity index (χ3v) is 2.58. The molecule has 1 aromatic heterocycles. The molecule has 5 heteroatoms. The lowest BCUT2D eigenvalue weighted by atomic mass is 10.2. The second-order valence-electron chi connectivity index (χ2n) is 3.77. The summed E-state index contributed by atoms with van der Waals surface area (Å²) in [6, 6.07) is 0. The van der Waals surface area contributed by atoms with Gasteiger partial charge in [0.2, 0.25) is 5.91 Å². The van der Waals surface area contributed by atoms with Gasteiger partial charge in [-0.15, -0.1) is 0 Å². The minimum atomic E-state index is -0.0862. The lowest BCUT2D eigenvalue weighted by molar-refractivity contribution is -0.121. The second-order valence-corrected chi connectivity index (χ2v) is 3.77. The van der Waals surface area contributed by atoms with E-state index in [9.17, 15) is 4.79 Å². The first-order chi connectivity index (χ1) is 7.77. The van der Waals surface area contributed by atoms with E-state index in [0.29, 0.717) is 6.42 Å². The Hall–Kier alpha value is -1.36. The molecule has 1 heterocycles. The molecule has 5 nitrogen and oxygen atoms in total. The average molecular weight is 224 g/mol. The molecule has 0 saturated carbocycles. The summed E-state index contributed by atoms with van der Waals surface area (Å²) in [5, 5.41) is 0. The van der Waals surface area contributed by atoms with Crippen molar-refractivity contribution in [3.05, 3.63) is 18.2 Å². The van der Waals surface area contributed by atoms with Crippen LogP contribution in [0, 0.1) is 0 Å². The number of aromatic nitrogens is 2. The van der Waals surface area contributed by atoms with Crippen molar-refractivity contribution in [2.45, 2.75) is 45.6 Å². The zero-order valence-electron chi connectivity index (χ0n) is 9.78. The van der Waals surface area contributed by atoms with Crippen LogP contribution in [0.25, 0.3) is 0 Å². The molecular formula is C11H20N4O. The first-order valence-corrected chi connectivity index (χ1v) is 5.77. The zero-order chi connectivity index (χ0) is 11.8. The van der Waals surface area contributed by atoms with Gasteiger partial charge in [-0.25, -0.2) is 10.8 Å². The van der Waals surface area contributed by atoms with Gasteiger partial charge in [-0.3, -0.25) is 10.2 Å². The fraction of sp³-hybridized carbons (Fsp3) is 0.636. The minimum Gasteiger partial charge on any atom is -0.335 e. The number of hydrogen-bond acceptors (Lipinski definition) is 3. The van der Waals surface area contributed by atoms with Crippen LogP contribution in [0.3, 0.4) is 0 Å². The number of unbranched alkanes of at least 4 members (excludes halogenated alkanes) is 2. The molecule has 0 saturated heterocycles. The van der Waals surface area contributed by atoms with Gasteiger partial charge in [0.1, 0.15) is 5.82 Å². The normalized spacial score (nSPS) is 10.4. The summed E-state index contributed by atoms with van der Waals surface area (Å²) in [7, 11) is 0. The quantitative estimate of drug-likeness (QED) is 0.314. The molecule has 16 heavy (non-hydrogen) atoms. The Labute approximate surface area is 96.0 Å². The topological polar surface area (TPSA) is 72.9 Å². The fourth-order valence-electron chi connectivity index (χ4n) is 1.67. The van der Waals surface area contributed by atoms with Crippen LogP contribution in [0.1, 0.15) is 38.4 Å². The van der Waals surface area contributed by atoms with Crippen molar-refractivity contribution in [1.29, 1.82) is 0 Å².